The number of rotatable bonds is 6. The van der Waals surface area contributed by atoms with Gasteiger partial charge in [-0.2, -0.15) is 5.10 Å². The van der Waals surface area contributed by atoms with Crippen LogP contribution in [0, 0.1) is 13.8 Å². The monoisotopic (exact) mass is 420 g/mol. The number of aromatic amines is 1. The molecule has 0 saturated heterocycles. The lowest BCUT2D eigenvalue weighted by molar-refractivity contribution is 0.102. The van der Waals surface area contributed by atoms with Crippen LogP contribution >= 0.6 is 0 Å². The molecule has 0 aliphatic rings. The van der Waals surface area contributed by atoms with Crippen molar-refractivity contribution in [2.24, 2.45) is 0 Å². The number of amides is 1. The molecule has 0 aliphatic heterocycles. The smallest absolute Gasteiger partial charge is 0.272 e. The van der Waals surface area contributed by atoms with Crippen LogP contribution in [0.2, 0.25) is 0 Å². The molecular formula is C23H24N4O4. The lowest BCUT2D eigenvalue weighted by Gasteiger charge is -2.12. The number of H-pyrrole nitrogens is 1. The molecule has 31 heavy (non-hydrogen) atoms. The number of carbonyl (C=O) groups is 1. The molecule has 0 radical (unpaired) electrons. The van der Waals surface area contributed by atoms with E-state index < -0.39 is 0 Å². The van der Waals surface area contributed by atoms with E-state index in [1.807, 2.05) is 48.9 Å². The minimum absolute atomic E-state index is 0.298. The van der Waals surface area contributed by atoms with Crippen LogP contribution in [-0.4, -0.2) is 42.0 Å². The first-order valence-corrected chi connectivity index (χ1v) is 9.72. The number of carbonyl (C=O) groups excluding carboxylic acids is 1. The van der Waals surface area contributed by atoms with E-state index in [-0.39, 0.29) is 5.91 Å². The van der Waals surface area contributed by atoms with Crippen molar-refractivity contribution in [3.05, 3.63) is 59.5 Å². The van der Waals surface area contributed by atoms with Gasteiger partial charge in [-0.15, -0.1) is 0 Å². The van der Waals surface area contributed by atoms with Crippen molar-refractivity contribution < 1.29 is 19.0 Å². The summed E-state index contributed by atoms with van der Waals surface area (Å²) in [6.45, 7) is 3.91. The normalized spacial score (nSPS) is 10.9. The standard InChI is InChI=1S/C23H24N4O4/c1-13-10-14(2)27(26-13)18-9-7-6-8-16(18)25-23(28)17-11-15-19(29-3)12-20(30-4)22(31-5)21(15)24-17/h6-12,24H,1-5H3,(H,25,28). The Kier molecular flexibility index (Phi) is 5.29. The van der Waals surface area contributed by atoms with E-state index in [1.54, 1.807) is 33.5 Å². The molecule has 4 rings (SSSR count). The summed E-state index contributed by atoms with van der Waals surface area (Å²) in [6, 6.07) is 13.0. The van der Waals surface area contributed by atoms with Crippen molar-refractivity contribution in [2.75, 3.05) is 26.6 Å². The highest BCUT2D eigenvalue weighted by atomic mass is 16.5. The molecule has 2 heterocycles. The number of benzene rings is 2. The summed E-state index contributed by atoms with van der Waals surface area (Å²) >= 11 is 0. The third-order valence-electron chi connectivity index (χ3n) is 5.07. The van der Waals surface area contributed by atoms with Crippen LogP contribution in [0.25, 0.3) is 16.6 Å². The first-order valence-electron chi connectivity index (χ1n) is 9.72. The Morgan fingerprint density at radius 3 is 2.39 bits per heavy atom. The highest BCUT2D eigenvalue weighted by molar-refractivity contribution is 6.08. The van der Waals surface area contributed by atoms with Crippen molar-refractivity contribution in [1.82, 2.24) is 14.8 Å². The number of ether oxygens (including phenoxy) is 3. The minimum atomic E-state index is -0.298. The summed E-state index contributed by atoms with van der Waals surface area (Å²) in [6.07, 6.45) is 0. The zero-order valence-corrected chi connectivity index (χ0v) is 18.1. The number of aryl methyl sites for hydroxylation is 2. The molecule has 8 heteroatoms. The van der Waals surface area contributed by atoms with Gasteiger partial charge in [0.15, 0.2) is 11.5 Å². The summed E-state index contributed by atoms with van der Waals surface area (Å²) in [5, 5.41) is 8.23. The van der Waals surface area contributed by atoms with Gasteiger partial charge in [0.25, 0.3) is 5.91 Å². The van der Waals surface area contributed by atoms with Gasteiger partial charge in [-0.25, -0.2) is 4.68 Å². The Bertz CT molecular complexity index is 1270. The summed E-state index contributed by atoms with van der Waals surface area (Å²) in [5.74, 6) is 1.29. The lowest BCUT2D eigenvalue weighted by atomic mass is 10.2. The van der Waals surface area contributed by atoms with Crippen LogP contribution in [-0.2, 0) is 0 Å². The number of anilines is 1. The van der Waals surface area contributed by atoms with Gasteiger partial charge in [0.2, 0.25) is 0 Å². The van der Waals surface area contributed by atoms with Gasteiger partial charge in [-0.1, -0.05) is 12.1 Å². The van der Waals surface area contributed by atoms with Crippen LogP contribution in [0.1, 0.15) is 21.9 Å². The SMILES string of the molecule is COc1cc(OC)c2cc(C(=O)Nc3ccccc3-n3nc(C)cc3C)[nH]c2c1OC. The molecule has 0 fully saturated rings. The lowest BCUT2D eigenvalue weighted by Crippen LogP contribution is -2.14. The predicted molar refractivity (Wildman–Crippen MR) is 119 cm³/mol. The van der Waals surface area contributed by atoms with Crippen molar-refractivity contribution in [3.63, 3.8) is 0 Å². The van der Waals surface area contributed by atoms with E-state index in [2.05, 4.69) is 15.4 Å². The number of para-hydroxylation sites is 2. The highest BCUT2D eigenvalue weighted by Crippen LogP contribution is 2.41. The molecule has 2 N–H and O–H groups in total. The van der Waals surface area contributed by atoms with Gasteiger partial charge in [-0.05, 0) is 38.1 Å². The van der Waals surface area contributed by atoms with Crippen molar-refractivity contribution in [2.45, 2.75) is 13.8 Å². The molecule has 4 aromatic rings. The van der Waals surface area contributed by atoms with Crippen LogP contribution in [0.5, 0.6) is 17.2 Å². The maximum absolute atomic E-state index is 13.1. The maximum atomic E-state index is 13.1. The van der Waals surface area contributed by atoms with E-state index in [9.17, 15) is 4.79 Å². The molecule has 0 saturated carbocycles. The Morgan fingerprint density at radius 2 is 1.74 bits per heavy atom. The number of hydrogen-bond donors (Lipinski definition) is 2. The summed E-state index contributed by atoms with van der Waals surface area (Å²) in [5.41, 5.74) is 4.30. The Morgan fingerprint density at radius 1 is 1.00 bits per heavy atom. The van der Waals surface area contributed by atoms with E-state index in [0.717, 1.165) is 22.5 Å². The zero-order valence-electron chi connectivity index (χ0n) is 18.1. The van der Waals surface area contributed by atoms with E-state index in [0.29, 0.717) is 34.1 Å². The second-order valence-corrected chi connectivity index (χ2v) is 7.10. The van der Waals surface area contributed by atoms with E-state index in [1.165, 1.54) is 0 Å². The average molecular weight is 420 g/mol. The number of hydrogen-bond acceptors (Lipinski definition) is 5. The first kappa shape index (κ1) is 20.3. The fourth-order valence-electron chi connectivity index (χ4n) is 3.69. The summed E-state index contributed by atoms with van der Waals surface area (Å²) in [4.78, 5) is 16.3. The zero-order chi connectivity index (χ0) is 22.1. The molecule has 0 unspecified atom stereocenters. The maximum Gasteiger partial charge on any atom is 0.272 e. The highest BCUT2D eigenvalue weighted by Gasteiger charge is 2.20. The number of fused-ring (bicyclic) bond motifs is 1. The van der Waals surface area contributed by atoms with E-state index in [4.69, 9.17) is 14.2 Å². The largest absolute Gasteiger partial charge is 0.496 e. The molecule has 2 aromatic heterocycles. The molecule has 2 aromatic carbocycles. The molecule has 160 valence electrons. The third kappa shape index (κ3) is 3.56. The summed E-state index contributed by atoms with van der Waals surface area (Å²) < 4.78 is 18.2. The fourth-order valence-corrected chi connectivity index (χ4v) is 3.69. The van der Waals surface area contributed by atoms with Crippen LogP contribution in [0.3, 0.4) is 0 Å². The Hall–Kier alpha value is -3.94. The molecule has 0 aliphatic carbocycles. The minimum Gasteiger partial charge on any atom is -0.496 e. The van der Waals surface area contributed by atoms with Gasteiger partial charge in [0, 0.05) is 17.1 Å². The van der Waals surface area contributed by atoms with Crippen molar-refractivity contribution in [3.8, 4) is 22.9 Å². The van der Waals surface area contributed by atoms with Crippen LogP contribution in [0.15, 0.2) is 42.5 Å². The number of methoxy groups -OCH3 is 3. The number of aromatic nitrogens is 3. The number of nitrogens with zero attached hydrogens (tertiary/aromatic N) is 2. The van der Waals surface area contributed by atoms with Gasteiger partial charge in [-0.3, -0.25) is 4.79 Å². The van der Waals surface area contributed by atoms with Gasteiger partial charge in [0.05, 0.1) is 43.9 Å². The van der Waals surface area contributed by atoms with E-state index >= 15 is 0 Å². The van der Waals surface area contributed by atoms with Gasteiger partial charge in [0.1, 0.15) is 11.4 Å². The Balaban J connectivity index is 1.74. The molecule has 1 amide bonds. The Labute approximate surface area is 179 Å². The summed E-state index contributed by atoms with van der Waals surface area (Å²) in [7, 11) is 4.67. The molecule has 8 nitrogen and oxygen atoms in total. The molecule has 0 atom stereocenters. The average Bonchev–Trinajstić information content (AvgIpc) is 3.36. The van der Waals surface area contributed by atoms with Crippen molar-refractivity contribution in [1.29, 1.82) is 0 Å². The fraction of sp³-hybridized carbons (Fsp3) is 0.217. The first-order chi connectivity index (χ1) is 15.0. The molecular weight excluding hydrogens is 396 g/mol. The third-order valence-corrected chi connectivity index (χ3v) is 5.07. The predicted octanol–water partition coefficient (Wildman–Crippen LogP) is 4.25. The topological polar surface area (TPSA) is 90.4 Å². The molecule has 0 bridgehead atoms. The second kappa shape index (κ2) is 8.06. The quantitative estimate of drug-likeness (QED) is 0.487. The van der Waals surface area contributed by atoms with Gasteiger partial charge < -0.3 is 24.5 Å². The van der Waals surface area contributed by atoms with Crippen molar-refractivity contribution >= 4 is 22.5 Å². The van der Waals surface area contributed by atoms with Gasteiger partial charge >= 0.3 is 0 Å². The van der Waals surface area contributed by atoms with Crippen LogP contribution < -0.4 is 19.5 Å². The molecule has 0 spiro atoms. The second-order valence-electron chi connectivity index (χ2n) is 7.10. The van der Waals surface area contributed by atoms with Crippen LogP contribution in [0.4, 0.5) is 5.69 Å². The number of nitrogens with one attached hydrogen (secondary N) is 2.